The summed E-state index contributed by atoms with van der Waals surface area (Å²) in [7, 11) is 3.39. The minimum atomic E-state index is 0. The van der Waals surface area contributed by atoms with E-state index < -0.39 is 0 Å². The first kappa shape index (κ1) is 20.6. The van der Waals surface area contributed by atoms with Crippen LogP contribution in [0.1, 0.15) is 16.7 Å². The van der Waals surface area contributed by atoms with Crippen LogP contribution in [0.25, 0.3) is 0 Å². The highest BCUT2D eigenvalue weighted by Gasteiger charge is 2.17. The van der Waals surface area contributed by atoms with E-state index in [0.29, 0.717) is 0 Å². The normalized spacial score (nSPS) is 15.3. The van der Waals surface area contributed by atoms with Gasteiger partial charge in [-0.3, -0.25) is 9.80 Å². The van der Waals surface area contributed by atoms with E-state index in [1.54, 1.807) is 14.2 Å². The Morgan fingerprint density at radius 2 is 1.19 bits per heavy atom. The summed E-state index contributed by atoms with van der Waals surface area (Å²) in [6.45, 7) is 8.50. The molecule has 4 nitrogen and oxygen atoms in total. The summed E-state index contributed by atoms with van der Waals surface area (Å²) in [6.07, 6.45) is 0. The van der Waals surface area contributed by atoms with Gasteiger partial charge in [0.05, 0.1) is 14.2 Å². The van der Waals surface area contributed by atoms with Crippen molar-refractivity contribution in [2.24, 2.45) is 0 Å². The fourth-order valence-electron chi connectivity index (χ4n) is 3.27. The second kappa shape index (κ2) is 9.81. The number of hydrogen-bond donors (Lipinski definition) is 0. The lowest BCUT2D eigenvalue weighted by Crippen LogP contribution is -2.45. The molecule has 0 spiro atoms. The number of aryl methyl sites for hydroxylation is 1. The van der Waals surface area contributed by atoms with E-state index in [2.05, 4.69) is 53.1 Å². The van der Waals surface area contributed by atoms with Crippen molar-refractivity contribution >= 4 is 12.4 Å². The highest BCUT2D eigenvalue weighted by molar-refractivity contribution is 5.85. The van der Waals surface area contributed by atoms with Crippen molar-refractivity contribution in [1.29, 1.82) is 0 Å². The number of piperazine rings is 1. The minimum absolute atomic E-state index is 0. The van der Waals surface area contributed by atoms with Gasteiger partial charge in [-0.05, 0) is 30.2 Å². The van der Waals surface area contributed by atoms with Crippen molar-refractivity contribution in [3.8, 4) is 11.5 Å². The fraction of sp³-hybridized carbons (Fsp3) is 0.429. The van der Waals surface area contributed by atoms with E-state index in [1.165, 1.54) is 16.7 Å². The zero-order valence-electron chi connectivity index (χ0n) is 15.9. The molecule has 5 heteroatoms. The van der Waals surface area contributed by atoms with Crippen LogP contribution in [0.15, 0.2) is 42.5 Å². The van der Waals surface area contributed by atoms with Crippen LogP contribution >= 0.6 is 12.4 Å². The summed E-state index contributed by atoms with van der Waals surface area (Å²) in [5.74, 6) is 1.71. The Morgan fingerprint density at radius 1 is 0.731 bits per heavy atom. The number of halogens is 1. The van der Waals surface area contributed by atoms with Gasteiger partial charge in [0.2, 0.25) is 0 Å². The lowest BCUT2D eigenvalue weighted by molar-refractivity contribution is 0.122. The number of nitrogens with zero attached hydrogens (tertiary/aromatic N) is 2. The number of methoxy groups -OCH3 is 2. The van der Waals surface area contributed by atoms with Gasteiger partial charge in [-0.2, -0.15) is 0 Å². The SMILES string of the molecule is COc1cc(CN2CCN(Cc3ccc(C)cc3)CC2)cc(OC)c1.Cl. The minimum Gasteiger partial charge on any atom is -0.497 e. The van der Waals surface area contributed by atoms with Crippen LogP contribution < -0.4 is 9.47 Å². The average Bonchev–Trinajstić information content (AvgIpc) is 2.65. The first-order valence-electron chi connectivity index (χ1n) is 8.88. The molecule has 3 rings (SSSR count). The maximum atomic E-state index is 5.37. The van der Waals surface area contributed by atoms with E-state index in [1.807, 2.05) is 6.07 Å². The Bertz CT molecular complexity index is 661. The van der Waals surface area contributed by atoms with Crippen LogP contribution in [0.2, 0.25) is 0 Å². The predicted molar refractivity (Wildman–Crippen MR) is 109 cm³/mol. The molecule has 0 aromatic heterocycles. The largest absolute Gasteiger partial charge is 0.497 e. The molecule has 0 atom stereocenters. The molecule has 1 fully saturated rings. The van der Waals surface area contributed by atoms with E-state index >= 15 is 0 Å². The van der Waals surface area contributed by atoms with Crippen molar-refractivity contribution < 1.29 is 9.47 Å². The number of hydrogen-bond acceptors (Lipinski definition) is 4. The Kier molecular flexibility index (Phi) is 7.76. The van der Waals surface area contributed by atoms with Crippen molar-refractivity contribution in [2.45, 2.75) is 20.0 Å². The number of ether oxygens (including phenoxy) is 2. The third-order valence-corrected chi connectivity index (χ3v) is 4.81. The molecule has 142 valence electrons. The lowest BCUT2D eigenvalue weighted by Gasteiger charge is -2.34. The zero-order valence-corrected chi connectivity index (χ0v) is 16.7. The molecule has 0 saturated carbocycles. The van der Waals surface area contributed by atoms with Gasteiger partial charge < -0.3 is 9.47 Å². The quantitative estimate of drug-likeness (QED) is 0.766. The fourth-order valence-corrected chi connectivity index (χ4v) is 3.27. The molecular weight excluding hydrogens is 348 g/mol. The van der Waals surface area contributed by atoms with E-state index in [0.717, 1.165) is 50.8 Å². The van der Waals surface area contributed by atoms with Gasteiger partial charge in [0.25, 0.3) is 0 Å². The molecule has 1 saturated heterocycles. The van der Waals surface area contributed by atoms with Gasteiger partial charge >= 0.3 is 0 Å². The second-order valence-corrected chi connectivity index (χ2v) is 6.76. The first-order chi connectivity index (χ1) is 12.2. The summed E-state index contributed by atoms with van der Waals surface area (Å²) in [6, 6.07) is 15.0. The molecule has 0 N–H and O–H groups in total. The Labute approximate surface area is 163 Å². The molecule has 1 heterocycles. The second-order valence-electron chi connectivity index (χ2n) is 6.76. The topological polar surface area (TPSA) is 24.9 Å². The molecule has 0 bridgehead atoms. The number of benzene rings is 2. The number of rotatable bonds is 6. The van der Waals surface area contributed by atoms with Crippen molar-refractivity contribution in [3.63, 3.8) is 0 Å². The molecule has 2 aromatic carbocycles. The molecule has 1 aliphatic rings. The standard InChI is InChI=1S/C21H28N2O2.ClH/c1-17-4-6-18(7-5-17)15-22-8-10-23(11-9-22)16-19-12-20(24-2)14-21(13-19)25-3;/h4-7,12-14H,8-11,15-16H2,1-3H3;1H. The maximum Gasteiger partial charge on any atom is 0.122 e. The van der Waals surface area contributed by atoms with Gasteiger partial charge in [0.15, 0.2) is 0 Å². The van der Waals surface area contributed by atoms with Crippen LogP contribution in [-0.4, -0.2) is 50.2 Å². The highest BCUT2D eigenvalue weighted by Crippen LogP contribution is 2.23. The molecule has 2 aromatic rings. The average molecular weight is 377 g/mol. The van der Waals surface area contributed by atoms with Crippen LogP contribution in [0.4, 0.5) is 0 Å². The summed E-state index contributed by atoms with van der Waals surface area (Å²) in [4.78, 5) is 5.03. The van der Waals surface area contributed by atoms with Crippen LogP contribution in [0.5, 0.6) is 11.5 Å². The van der Waals surface area contributed by atoms with Gasteiger partial charge in [-0.25, -0.2) is 0 Å². The molecule has 26 heavy (non-hydrogen) atoms. The Morgan fingerprint density at radius 3 is 1.65 bits per heavy atom. The summed E-state index contributed by atoms with van der Waals surface area (Å²) in [5.41, 5.74) is 3.96. The van der Waals surface area contributed by atoms with Crippen molar-refractivity contribution in [3.05, 3.63) is 59.2 Å². The molecule has 0 amide bonds. The monoisotopic (exact) mass is 376 g/mol. The van der Waals surface area contributed by atoms with Crippen LogP contribution in [0, 0.1) is 6.92 Å². The molecule has 0 radical (unpaired) electrons. The third-order valence-electron chi connectivity index (χ3n) is 4.81. The third kappa shape index (κ3) is 5.63. The van der Waals surface area contributed by atoms with Crippen LogP contribution in [-0.2, 0) is 13.1 Å². The smallest absolute Gasteiger partial charge is 0.122 e. The van der Waals surface area contributed by atoms with Crippen molar-refractivity contribution in [2.75, 3.05) is 40.4 Å². The van der Waals surface area contributed by atoms with E-state index in [4.69, 9.17) is 9.47 Å². The molecule has 0 unspecified atom stereocenters. The van der Waals surface area contributed by atoms with Crippen molar-refractivity contribution in [1.82, 2.24) is 9.80 Å². The van der Waals surface area contributed by atoms with E-state index in [-0.39, 0.29) is 12.4 Å². The molecular formula is C21H29ClN2O2. The van der Waals surface area contributed by atoms with E-state index in [9.17, 15) is 0 Å². The lowest BCUT2D eigenvalue weighted by atomic mass is 10.1. The van der Waals surface area contributed by atoms with Gasteiger partial charge in [0.1, 0.15) is 11.5 Å². The first-order valence-corrected chi connectivity index (χ1v) is 8.88. The van der Waals surface area contributed by atoms with Gasteiger partial charge in [0, 0.05) is 45.3 Å². The summed E-state index contributed by atoms with van der Waals surface area (Å²) < 4.78 is 10.7. The zero-order chi connectivity index (χ0) is 17.6. The maximum absolute atomic E-state index is 5.37. The summed E-state index contributed by atoms with van der Waals surface area (Å²) in [5, 5.41) is 0. The Balaban J connectivity index is 0.00000243. The molecule has 0 aliphatic carbocycles. The predicted octanol–water partition coefficient (Wildman–Crippen LogP) is 3.75. The van der Waals surface area contributed by atoms with Gasteiger partial charge in [-0.15, -0.1) is 12.4 Å². The highest BCUT2D eigenvalue weighted by atomic mass is 35.5. The summed E-state index contributed by atoms with van der Waals surface area (Å²) >= 11 is 0. The molecule has 1 aliphatic heterocycles. The van der Waals surface area contributed by atoms with Gasteiger partial charge in [-0.1, -0.05) is 29.8 Å². The Hall–Kier alpha value is -1.75. The van der Waals surface area contributed by atoms with Crippen LogP contribution in [0.3, 0.4) is 0 Å².